The molecule has 2 aromatic rings. The van der Waals surface area contributed by atoms with Gasteiger partial charge in [0.25, 0.3) is 5.91 Å². The summed E-state index contributed by atoms with van der Waals surface area (Å²) in [5.41, 5.74) is 1.79. The zero-order valence-electron chi connectivity index (χ0n) is 18.1. The van der Waals surface area contributed by atoms with E-state index in [1.807, 2.05) is 47.4 Å². The zero-order chi connectivity index (χ0) is 22.3. The summed E-state index contributed by atoms with van der Waals surface area (Å²) in [5, 5.41) is 5.67. The van der Waals surface area contributed by atoms with Gasteiger partial charge >= 0.3 is 0 Å². The summed E-state index contributed by atoms with van der Waals surface area (Å²) in [6, 6.07) is 17.2. The number of ether oxygens (including phenoxy) is 1. The second-order valence-corrected chi connectivity index (χ2v) is 8.36. The van der Waals surface area contributed by atoms with E-state index in [9.17, 15) is 14.4 Å². The van der Waals surface area contributed by atoms with Crippen LogP contribution in [-0.4, -0.2) is 54.9 Å². The Morgan fingerprint density at radius 3 is 2.41 bits per heavy atom. The van der Waals surface area contributed by atoms with Crippen molar-refractivity contribution in [3.63, 3.8) is 0 Å². The number of hydrogen-bond acceptors (Lipinski definition) is 4. The molecular weight excluding hydrogens is 406 g/mol. The van der Waals surface area contributed by atoms with Crippen LogP contribution in [0.25, 0.3) is 0 Å². The maximum Gasteiger partial charge on any atom is 0.251 e. The molecule has 0 saturated carbocycles. The van der Waals surface area contributed by atoms with Crippen LogP contribution in [0.1, 0.15) is 35.2 Å². The van der Waals surface area contributed by atoms with Crippen molar-refractivity contribution >= 4 is 17.7 Å². The van der Waals surface area contributed by atoms with E-state index in [0.29, 0.717) is 38.2 Å². The van der Waals surface area contributed by atoms with Gasteiger partial charge in [-0.3, -0.25) is 14.4 Å². The minimum Gasteiger partial charge on any atom is -0.490 e. The molecule has 2 fully saturated rings. The smallest absolute Gasteiger partial charge is 0.251 e. The number of rotatable bonds is 7. The van der Waals surface area contributed by atoms with Gasteiger partial charge in [-0.15, -0.1) is 0 Å². The predicted molar refractivity (Wildman–Crippen MR) is 120 cm³/mol. The van der Waals surface area contributed by atoms with Crippen LogP contribution in [0.2, 0.25) is 0 Å². The lowest BCUT2D eigenvalue weighted by atomic mass is 10.0. The Balaban J connectivity index is 1.20. The van der Waals surface area contributed by atoms with Gasteiger partial charge in [0.1, 0.15) is 11.9 Å². The van der Waals surface area contributed by atoms with Crippen molar-refractivity contribution in [3.05, 3.63) is 65.7 Å². The predicted octanol–water partition coefficient (Wildman–Crippen LogP) is 2.16. The average molecular weight is 436 g/mol. The number of amides is 3. The fraction of sp³-hybridized carbons (Fsp3) is 0.400. The molecule has 2 N–H and O–H groups in total. The monoisotopic (exact) mass is 435 g/mol. The quantitative estimate of drug-likeness (QED) is 0.698. The SMILES string of the molecule is O=C1C[C@H](C(=O)N2CCC(Oc3ccc(C(=O)NCCc4ccccc4)cc3)CC2)CN1. The van der Waals surface area contributed by atoms with Crippen LogP contribution >= 0.6 is 0 Å². The van der Waals surface area contributed by atoms with Crippen molar-refractivity contribution in [3.8, 4) is 5.75 Å². The van der Waals surface area contributed by atoms with Crippen molar-refractivity contribution in [2.45, 2.75) is 31.8 Å². The Morgan fingerprint density at radius 2 is 1.75 bits per heavy atom. The number of hydrogen-bond donors (Lipinski definition) is 2. The van der Waals surface area contributed by atoms with Crippen molar-refractivity contribution in [2.24, 2.45) is 5.92 Å². The summed E-state index contributed by atoms with van der Waals surface area (Å²) < 4.78 is 6.06. The minimum atomic E-state index is -0.230. The van der Waals surface area contributed by atoms with Crippen LogP contribution in [-0.2, 0) is 16.0 Å². The van der Waals surface area contributed by atoms with E-state index in [-0.39, 0.29) is 29.7 Å². The van der Waals surface area contributed by atoms with Crippen molar-refractivity contribution in [1.29, 1.82) is 0 Å². The van der Waals surface area contributed by atoms with Crippen LogP contribution in [0, 0.1) is 5.92 Å². The van der Waals surface area contributed by atoms with E-state index in [0.717, 1.165) is 25.0 Å². The van der Waals surface area contributed by atoms with Crippen molar-refractivity contribution < 1.29 is 19.1 Å². The fourth-order valence-electron chi connectivity index (χ4n) is 4.18. The zero-order valence-corrected chi connectivity index (χ0v) is 18.1. The second-order valence-electron chi connectivity index (χ2n) is 8.36. The summed E-state index contributed by atoms with van der Waals surface area (Å²) in [7, 11) is 0. The largest absolute Gasteiger partial charge is 0.490 e. The fourth-order valence-corrected chi connectivity index (χ4v) is 4.18. The molecule has 4 rings (SSSR count). The minimum absolute atomic E-state index is 0.0351. The van der Waals surface area contributed by atoms with E-state index < -0.39 is 0 Å². The Labute approximate surface area is 188 Å². The maximum absolute atomic E-state index is 12.5. The normalized spacial score (nSPS) is 18.8. The van der Waals surface area contributed by atoms with E-state index in [4.69, 9.17) is 4.74 Å². The number of benzene rings is 2. The number of likely N-dealkylation sites (tertiary alicyclic amines) is 1. The molecule has 168 valence electrons. The molecule has 2 heterocycles. The molecule has 7 nitrogen and oxygen atoms in total. The third kappa shape index (κ3) is 5.66. The molecule has 2 saturated heterocycles. The first-order valence-electron chi connectivity index (χ1n) is 11.2. The number of piperidine rings is 1. The number of nitrogens with one attached hydrogen (secondary N) is 2. The lowest BCUT2D eigenvalue weighted by Gasteiger charge is -2.33. The molecular formula is C25H29N3O4. The van der Waals surface area contributed by atoms with Crippen molar-refractivity contribution in [1.82, 2.24) is 15.5 Å². The summed E-state index contributed by atoms with van der Waals surface area (Å²) in [6.07, 6.45) is 2.63. The Kier molecular flexibility index (Phi) is 7.04. The third-order valence-electron chi connectivity index (χ3n) is 6.04. The van der Waals surface area contributed by atoms with Crippen LogP contribution < -0.4 is 15.4 Å². The Hall–Kier alpha value is -3.35. The van der Waals surface area contributed by atoms with Gasteiger partial charge in [-0.25, -0.2) is 0 Å². The van der Waals surface area contributed by atoms with E-state index in [1.165, 1.54) is 5.56 Å². The van der Waals surface area contributed by atoms with Gasteiger partial charge < -0.3 is 20.3 Å². The molecule has 0 radical (unpaired) electrons. The highest BCUT2D eigenvalue weighted by atomic mass is 16.5. The summed E-state index contributed by atoms with van der Waals surface area (Å²) >= 11 is 0. The standard InChI is InChI=1S/C25H29N3O4/c29-23-16-20(17-27-23)25(31)28-14-11-22(12-15-28)32-21-8-6-19(7-9-21)24(30)26-13-10-18-4-2-1-3-5-18/h1-9,20,22H,10-17H2,(H,26,30)(H,27,29)/t20-/m0/s1. The topological polar surface area (TPSA) is 87.7 Å². The van der Waals surface area contributed by atoms with Crippen LogP contribution in [0.5, 0.6) is 5.75 Å². The van der Waals surface area contributed by atoms with Crippen LogP contribution in [0.4, 0.5) is 0 Å². The van der Waals surface area contributed by atoms with Crippen LogP contribution in [0.15, 0.2) is 54.6 Å². The highest BCUT2D eigenvalue weighted by molar-refractivity contribution is 5.94. The van der Waals surface area contributed by atoms with Gasteiger partial charge in [0.05, 0.1) is 5.92 Å². The molecule has 0 aromatic heterocycles. The molecule has 2 aliphatic rings. The molecule has 0 spiro atoms. The van der Waals surface area contributed by atoms with Gasteiger partial charge in [-0.2, -0.15) is 0 Å². The Morgan fingerprint density at radius 1 is 1.03 bits per heavy atom. The molecule has 7 heteroatoms. The van der Waals surface area contributed by atoms with Crippen molar-refractivity contribution in [2.75, 3.05) is 26.2 Å². The third-order valence-corrected chi connectivity index (χ3v) is 6.04. The molecule has 2 aromatic carbocycles. The van der Waals surface area contributed by atoms with Crippen LogP contribution in [0.3, 0.4) is 0 Å². The first-order valence-corrected chi connectivity index (χ1v) is 11.2. The molecule has 3 amide bonds. The molecule has 0 unspecified atom stereocenters. The van der Waals surface area contributed by atoms with Gasteiger partial charge in [-0.1, -0.05) is 30.3 Å². The highest BCUT2D eigenvalue weighted by Gasteiger charge is 2.33. The second kappa shape index (κ2) is 10.3. The lowest BCUT2D eigenvalue weighted by Crippen LogP contribution is -2.44. The average Bonchev–Trinajstić information content (AvgIpc) is 3.26. The Bertz CT molecular complexity index is 937. The van der Waals surface area contributed by atoms with Gasteiger partial charge in [0, 0.05) is 51.0 Å². The maximum atomic E-state index is 12.5. The molecule has 1 atom stereocenters. The first kappa shape index (κ1) is 21.9. The van der Waals surface area contributed by atoms with Gasteiger partial charge in [0.2, 0.25) is 11.8 Å². The van der Waals surface area contributed by atoms with Gasteiger partial charge in [-0.05, 0) is 36.2 Å². The number of carbonyl (C=O) groups excluding carboxylic acids is 3. The molecule has 32 heavy (non-hydrogen) atoms. The molecule has 2 aliphatic heterocycles. The lowest BCUT2D eigenvalue weighted by molar-refractivity contribution is -0.137. The van der Waals surface area contributed by atoms with E-state index in [1.54, 1.807) is 12.1 Å². The summed E-state index contributed by atoms with van der Waals surface area (Å²) in [6.45, 7) is 2.30. The molecule has 0 aliphatic carbocycles. The molecule has 0 bridgehead atoms. The first-order chi connectivity index (χ1) is 15.6. The number of carbonyl (C=O) groups is 3. The summed E-state index contributed by atoms with van der Waals surface area (Å²) in [4.78, 5) is 38.1. The number of nitrogens with zero attached hydrogens (tertiary/aromatic N) is 1. The van der Waals surface area contributed by atoms with Gasteiger partial charge in [0.15, 0.2) is 0 Å². The summed E-state index contributed by atoms with van der Waals surface area (Å²) in [5.74, 6) is 0.408. The van der Waals surface area contributed by atoms with E-state index >= 15 is 0 Å². The highest BCUT2D eigenvalue weighted by Crippen LogP contribution is 2.22. The van der Waals surface area contributed by atoms with E-state index in [2.05, 4.69) is 10.6 Å².